The van der Waals surface area contributed by atoms with Gasteiger partial charge in [0, 0.05) is 11.8 Å². The minimum Gasteiger partial charge on any atom is -0.495 e. The van der Waals surface area contributed by atoms with Crippen LogP contribution in [0.5, 0.6) is 5.75 Å². The molecule has 0 spiro atoms. The van der Waals surface area contributed by atoms with Gasteiger partial charge in [-0.2, -0.15) is 0 Å². The van der Waals surface area contributed by atoms with Gasteiger partial charge in [0.15, 0.2) is 5.43 Å². The van der Waals surface area contributed by atoms with Crippen LogP contribution in [0.1, 0.15) is 5.69 Å². The van der Waals surface area contributed by atoms with Gasteiger partial charge in [0.2, 0.25) is 0 Å². The summed E-state index contributed by atoms with van der Waals surface area (Å²) >= 11 is 5.96. The van der Waals surface area contributed by atoms with Crippen LogP contribution in [-0.2, 0) is 11.2 Å². The highest BCUT2D eigenvalue weighted by molar-refractivity contribution is 6.35. The van der Waals surface area contributed by atoms with Crippen molar-refractivity contribution in [2.75, 3.05) is 7.11 Å². The van der Waals surface area contributed by atoms with Crippen molar-refractivity contribution in [2.45, 2.75) is 6.42 Å². The number of ether oxygens (including phenoxy) is 1. The lowest BCUT2D eigenvalue weighted by atomic mass is 10.1. The van der Waals surface area contributed by atoms with E-state index < -0.39 is 5.97 Å². The van der Waals surface area contributed by atoms with Crippen molar-refractivity contribution in [3.05, 3.63) is 39.1 Å². The van der Waals surface area contributed by atoms with E-state index in [-0.39, 0.29) is 11.8 Å². The van der Waals surface area contributed by atoms with E-state index in [2.05, 4.69) is 4.98 Å². The summed E-state index contributed by atoms with van der Waals surface area (Å²) in [6.45, 7) is 0. The van der Waals surface area contributed by atoms with Crippen LogP contribution in [0, 0.1) is 0 Å². The lowest BCUT2D eigenvalue weighted by molar-refractivity contribution is -0.136. The number of aromatic nitrogens is 1. The second-order valence-electron chi connectivity index (χ2n) is 3.73. The topological polar surface area (TPSA) is 79.4 Å². The van der Waals surface area contributed by atoms with Crippen LogP contribution in [0.3, 0.4) is 0 Å². The number of aromatic amines is 1. The maximum Gasteiger partial charge on any atom is 0.309 e. The lowest BCUT2D eigenvalue weighted by Crippen LogP contribution is -2.10. The van der Waals surface area contributed by atoms with Crippen molar-refractivity contribution in [2.24, 2.45) is 0 Å². The number of H-pyrrole nitrogens is 1. The maximum absolute atomic E-state index is 11.9. The number of fused-ring (bicyclic) bond motifs is 1. The summed E-state index contributed by atoms with van der Waals surface area (Å²) in [5.74, 6) is -0.579. The fraction of sp³-hybridized carbons (Fsp3) is 0.167. The van der Waals surface area contributed by atoms with Crippen LogP contribution in [-0.4, -0.2) is 23.2 Å². The highest BCUT2D eigenvalue weighted by Crippen LogP contribution is 2.27. The Hall–Kier alpha value is -2.01. The van der Waals surface area contributed by atoms with Gasteiger partial charge >= 0.3 is 5.97 Å². The Morgan fingerprint density at radius 1 is 1.50 bits per heavy atom. The van der Waals surface area contributed by atoms with Crippen molar-refractivity contribution in [3.8, 4) is 5.75 Å². The van der Waals surface area contributed by atoms with Crippen LogP contribution in [0.2, 0.25) is 5.02 Å². The first kappa shape index (κ1) is 12.4. The van der Waals surface area contributed by atoms with Crippen LogP contribution in [0.15, 0.2) is 23.0 Å². The number of carboxylic acids is 1. The van der Waals surface area contributed by atoms with E-state index in [0.29, 0.717) is 27.4 Å². The number of rotatable bonds is 3. The zero-order valence-corrected chi connectivity index (χ0v) is 10.2. The number of hydrogen-bond donors (Lipinski definition) is 2. The van der Waals surface area contributed by atoms with Gasteiger partial charge in [-0.1, -0.05) is 11.6 Å². The Kier molecular flexibility index (Phi) is 3.25. The number of halogens is 1. The van der Waals surface area contributed by atoms with Gasteiger partial charge in [0.25, 0.3) is 0 Å². The van der Waals surface area contributed by atoms with Crippen molar-refractivity contribution in [1.82, 2.24) is 4.98 Å². The molecule has 2 rings (SSSR count). The van der Waals surface area contributed by atoms with Gasteiger partial charge in [0.1, 0.15) is 5.75 Å². The molecule has 0 aliphatic rings. The zero-order chi connectivity index (χ0) is 13.3. The maximum atomic E-state index is 11.9. The average Bonchev–Trinajstić information content (AvgIpc) is 2.28. The van der Waals surface area contributed by atoms with E-state index in [0.717, 1.165) is 0 Å². The summed E-state index contributed by atoms with van der Waals surface area (Å²) in [5.41, 5.74) is 0.387. The van der Waals surface area contributed by atoms with Crippen molar-refractivity contribution in [1.29, 1.82) is 0 Å². The van der Waals surface area contributed by atoms with E-state index in [9.17, 15) is 9.59 Å². The summed E-state index contributed by atoms with van der Waals surface area (Å²) in [6.07, 6.45) is -0.263. The van der Waals surface area contributed by atoms with Gasteiger partial charge < -0.3 is 14.8 Å². The Morgan fingerprint density at radius 2 is 2.22 bits per heavy atom. The Balaban J connectivity index is 2.77. The normalized spacial score (nSPS) is 10.6. The van der Waals surface area contributed by atoms with E-state index in [1.807, 2.05) is 0 Å². The van der Waals surface area contributed by atoms with Gasteiger partial charge in [-0.25, -0.2) is 0 Å². The standard InChI is InChI=1S/C12H10ClNO4/c1-18-9-3-2-7(13)11-8(15)4-6(5-10(16)17)14-12(9)11/h2-4H,5H2,1H3,(H,14,15)(H,16,17). The smallest absolute Gasteiger partial charge is 0.309 e. The van der Waals surface area contributed by atoms with Gasteiger partial charge in [-0.05, 0) is 12.1 Å². The predicted octanol–water partition coefficient (Wildman–Crippen LogP) is 1.82. The first-order valence-corrected chi connectivity index (χ1v) is 5.51. The summed E-state index contributed by atoms with van der Waals surface area (Å²) in [4.78, 5) is 25.4. The highest BCUT2D eigenvalue weighted by atomic mass is 35.5. The molecule has 1 aromatic carbocycles. The van der Waals surface area contributed by atoms with E-state index in [1.165, 1.54) is 13.2 Å². The molecule has 1 heterocycles. The molecule has 0 unspecified atom stereocenters. The number of aliphatic carboxylic acids is 1. The number of benzene rings is 1. The summed E-state index contributed by atoms with van der Waals surface area (Å²) < 4.78 is 5.12. The summed E-state index contributed by atoms with van der Waals surface area (Å²) in [6, 6.07) is 4.42. The molecule has 0 aliphatic carbocycles. The third-order valence-electron chi connectivity index (χ3n) is 2.52. The SMILES string of the molecule is COc1ccc(Cl)c2c(=O)cc(CC(=O)O)[nH]c12. The average molecular weight is 268 g/mol. The van der Waals surface area contributed by atoms with E-state index >= 15 is 0 Å². The first-order chi connectivity index (χ1) is 8.52. The fourth-order valence-corrected chi connectivity index (χ4v) is 2.03. The summed E-state index contributed by atoms with van der Waals surface area (Å²) in [5, 5.41) is 9.33. The molecule has 18 heavy (non-hydrogen) atoms. The Labute approximate surface area is 107 Å². The molecule has 0 bridgehead atoms. The van der Waals surface area contributed by atoms with Crippen molar-refractivity contribution in [3.63, 3.8) is 0 Å². The molecule has 0 aliphatic heterocycles. The van der Waals surface area contributed by atoms with Gasteiger partial charge in [0.05, 0.1) is 29.5 Å². The Morgan fingerprint density at radius 3 is 2.83 bits per heavy atom. The molecule has 5 nitrogen and oxygen atoms in total. The molecule has 0 fully saturated rings. The molecule has 2 aromatic rings. The lowest BCUT2D eigenvalue weighted by Gasteiger charge is -2.08. The molecular weight excluding hydrogens is 258 g/mol. The molecule has 94 valence electrons. The van der Waals surface area contributed by atoms with E-state index in [1.54, 1.807) is 12.1 Å². The number of methoxy groups -OCH3 is 1. The number of carbonyl (C=O) groups is 1. The molecule has 0 radical (unpaired) electrons. The molecule has 0 saturated heterocycles. The molecule has 6 heteroatoms. The minimum absolute atomic E-state index is 0.263. The number of nitrogens with one attached hydrogen (secondary N) is 1. The quantitative estimate of drug-likeness (QED) is 0.889. The number of pyridine rings is 1. The third-order valence-corrected chi connectivity index (χ3v) is 2.83. The monoisotopic (exact) mass is 267 g/mol. The molecule has 0 amide bonds. The number of carboxylic acid groups (broad SMARTS) is 1. The van der Waals surface area contributed by atoms with Crippen LogP contribution < -0.4 is 10.2 Å². The highest BCUT2D eigenvalue weighted by Gasteiger charge is 2.12. The second kappa shape index (κ2) is 4.70. The van der Waals surface area contributed by atoms with Gasteiger partial charge in [-0.15, -0.1) is 0 Å². The molecule has 0 saturated carbocycles. The fourth-order valence-electron chi connectivity index (χ4n) is 1.78. The zero-order valence-electron chi connectivity index (χ0n) is 9.49. The number of hydrogen-bond acceptors (Lipinski definition) is 3. The van der Waals surface area contributed by atoms with Crippen LogP contribution >= 0.6 is 11.6 Å². The van der Waals surface area contributed by atoms with Crippen LogP contribution in [0.4, 0.5) is 0 Å². The van der Waals surface area contributed by atoms with E-state index in [4.69, 9.17) is 21.4 Å². The van der Waals surface area contributed by atoms with Crippen LogP contribution in [0.25, 0.3) is 10.9 Å². The molecular formula is C12H10ClNO4. The van der Waals surface area contributed by atoms with Gasteiger partial charge in [-0.3, -0.25) is 9.59 Å². The Bertz CT molecular complexity index is 678. The molecule has 0 atom stereocenters. The minimum atomic E-state index is -1.02. The largest absolute Gasteiger partial charge is 0.495 e. The van der Waals surface area contributed by atoms with Crippen molar-refractivity contribution >= 4 is 28.5 Å². The second-order valence-corrected chi connectivity index (χ2v) is 4.14. The predicted molar refractivity (Wildman–Crippen MR) is 67.5 cm³/mol. The molecule has 1 aromatic heterocycles. The van der Waals surface area contributed by atoms with Crippen molar-refractivity contribution < 1.29 is 14.6 Å². The molecule has 2 N–H and O–H groups in total. The summed E-state index contributed by atoms with van der Waals surface area (Å²) in [7, 11) is 1.46. The third kappa shape index (κ3) is 2.17. The first-order valence-electron chi connectivity index (χ1n) is 5.13.